The molecule has 0 saturated heterocycles. The van der Waals surface area contributed by atoms with Gasteiger partial charge in [-0.25, -0.2) is 0 Å². The van der Waals surface area contributed by atoms with Gasteiger partial charge in [0.2, 0.25) is 0 Å². The molecule has 17 heavy (non-hydrogen) atoms. The molecule has 0 aliphatic rings. The first-order valence-electron chi connectivity index (χ1n) is 5.43. The first-order valence-corrected chi connectivity index (χ1v) is 7.10. The molecule has 0 atom stereocenters. The van der Waals surface area contributed by atoms with Gasteiger partial charge < -0.3 is 10.5 Å². The molecule has 0 aliphatic heterocycles. The number of nitrogens with two attached hydrogens (primary N) is 1. The smallest absolute Gasteiger partial charge is 0.134 e. The lowest BCUT2D eigenvalue weighted by molar-refractivity contribution is 0.308. The summed E-state index contributed by atoms with van der Waals surface area (Å²) in [4.78, 5) is 1.22. The number of thiophene rings is 1. The number of benzene rings is 1. The standard InChI is InChI=1S/C13H14BrNOS/c14-12-8-10(5-6-15)3-4-13(12)16-9-11-2-1-7-17-11/h1-4,7-8H,5-6,9,15H2. The van der Waals surface area contributed by atoms with Crippen LogP contribution >= 0.6 is 27.3 Å². The van der Waals surface area contributed by atoms with Crippen LogP contribution < -0.4 is 10.5 Å². The van der Waals surface area contributed by atoms with Gasteiger partial charge in [-0.1, -0.05) is 12.1 Å². The Hall–Kier alpha value is -0.840. The van der Waals surface area contributed by atoms with Crippen LogP contribution in [0.2, 0.25) is 0 Å². The Morgan fingerprint density at radius 1 is 1.29 bits per heavy atom. The summed E-state index contributed by atoms with van der Waals surface area (Å²) in [5.41, 5.74) is 6.75. The number of halogens is 1. The molecule has 0 radical (unpaired) electrons. The van der Waals surface area contributed by atoms with Gasteiger partial charge in [-0.2, -0.15) is 0 Å². The Morgan fingerprint density at radius 2 is 2.18 bits per heavy atom. The van der Waals surface area contributed by atoms with Gasteiger partial charge in [0.1, 0.15) is 12.4 Å². The summed E-state index contributed by atoms with van der Waals surface area (Å²) in [6, 6.07) is 10.2. The quantitative estimate of drug-likeness (QED) is 0.916. The van der Waals surface area contributed by atoms with E-state index in [0.717, 1.165) is 16.6 Å². The first kappa shape index (κ1) is 12.6. The highest BCUT2D eigenvalue weighted by Crippen LogP contribution is 2.27. The van der Waals surface area contributed by atoms with E-state index in [4.69, 9.17) is 10.5 Å². The predicted molar refractivity (Wildman–Crippen MR) is 75.6 cm³/mol. The van der Waals surface area contributed by atoms with Crippen LogP contribution in [-0.4, -0.2) is 6.54 Å². The van der Waals surface area contributed by atoms with E-state index < -0.39 is 0 Å². The van der Waals surface area contributed by atoms with E-state index >= 15 is 0 Å². The molecule has 2 rings (SSSR count). The van der Waals surface area contributed by atoms with Crippen LogP contribution in [-0.2, 0) is 13.0 Å². The van der Waals surface area contributed by atoms with Crippen molar-refractivity contribution < 1.29 is 4.74 Å². The average molecular weight is 312 g/mol. The predicted octanol–water partition coefficient (Wildman–Crippen LogP) is 3.59. The highest BCUT2D eigenvalue weighted by Gasteiger charge is 2.03. The molecule has 2 N–H and O–H groups in total. The van der Waals surface area contributed by atoms with Crippen molar-refractivity contribution in [2.24, 2.45) is 5.73 Å². The average Bonchev–Trinajstić information content (AvgIpc) is 2.81. The maximum atomic E-state index is 5.75. The van der Waals surface area contributed by atoms with Gasteiger partial charge in [-0.3, -0.25) is 0 Å². The Labute approximate surface area is 114 Å². The zero-order chi connectivity index (χ0) is 12.1. The van der Waals surface area contributed by atoms with E-state index in [9.17, 15) is 0 Å². The lowest BCUT2D eigenvalue weighted by Crippen LogP contribution is -2.02. The van der Waals surface area contributed by atoms with E-state index in [1.165, 1.54) is 10.4 Å². The molecule has 0 unspecified atom stereocenters. The summed E-state index contributed by atoms with van der Waals surface area (Å²) in [6.45, 7) is 1.29. The highest BCUT2D eigenvalue weighted by atomic mass is 79.9. The fourth-order valence-corrected chi connectivity index (χ4v) is 2.68. The minimum Gasteiger partial charge on any atom is -0.487 e. The molecule has 1 heterocycles. The molecule has 90 valence electrons. The van der Waals surface area contributed by atoms with Crippen molar-refractivity contribution in [3.05, 3.63) is 50.6 Å². The third kappa shape index (κ3) is 3.56. The number of hydrogen-bond acceptors (Lipinski definition) is 3. The van der Waals surface area contributed by atoms with Crippen molar-refractivity contribution in [1.29, 1.82) is 0 Å². The molecule has 0 saturated carbocycles. The van der Waals surface area contributed by atoms with Crippen LogP contribution in [0.25, 0.3) is 0 Å². The van der Waals surface area contributed by atoms with Crippen LogP contribution in [0.4, 0.5) is 0 Å². The van der Waals surface area contributed by atoms with Crippen LogP contribution in [0, 0.1) is 0 Å². The molecular weight excluding hydrogens is 298 g/mol. The van der Waals surface area contributed by atoms with E-state index in [0.29, 0.717) is 13.2 Å². The van der Waals surface area contributed by atoms with E-state index in [-0.39, 0.29) is 0 Å². The number of hydrogen-bond donors (Lipinski definition) is 1. The van der Waals surface area contributed by atoms with Gasteiger partial charge in [0, 0.05) is 4.88 Å². The molecule has 0 bridgehead atoms. The van der Waals surface area contributed by atoms with Gasteiger partial charge in [0.25, 0.3) is 0 Å². The Kier molecular flexibility index (Phi) is 4.59. The normalized spacial score (nSPS) is 10.5. The zero-order valence-electron chi connectivity index (χ0n) is 9.36. The Bertz CT molecular complexity index is 470. The molecule has 4 heteroatoms. The molecular formula is C13H14BrNOS. The Morgan fingerprint density at radius 3 is 2.82 bits per heavy atom. The number of ether oxygens (including phenoxy) is 1. The van der Waals surface area contributed by atoms with E-state index in [1.54, 1.807) is 11.3 Å². The third-order valence-corrected chi connectivity index (χ3v) is 3.85. The van der Waals surface area contributed by atoms with E-state index in [2.05, 4.69) is 39.5 Å². The van der Waals surface area contributed by atoms with Gasteiger partial charge in [0.05, 0.1) is 4.47 Å². The summed E-state index contributed by atoms with van der Waals surface area (Å²) in [6.07, 6.45) is 0.893. The summed E-state index contributed by atoms with van der Waals surface area (Å²) in [5, 5.41) is 2.05. The van der Waals surface area contributed by atoms with Crippen molar-refractivity contribution in [2.45, 2.75) is 13.0 Å². The third-order valence-electron chi connectivity index (χ3n) is 2.38. The lowest BCUT2D eigenvalue weighted by atomic mass is 10.1. The van der Waals surface area contributed by atoms with Gasteiger partial charge in [-0.05, 0) is 58.0 Å². The maximum absolute atomic E-state index is 5.75. The SMILES string of the molecule is NCCc1ccc(OCc2cccs2)c(Br)c1. The van der Waals surface area contributed by atoms with Gasteiger partial charge >= 0.3 is 0 Å². The largest absolute Gasteiger partial charge is 0.487 e. The zero-order valence-corrected chi connectivity index (χ0v) is 11.8. The second-order valence-electron chi connectivity index (χ2n) is 3.67. The van der Waals surface area contributed by atoms with Gasteiger partial charge in [0.15, 0.2) is 0 Å². The van der Waals surface area contributed by atoms with Crippen LogP contribution in [0.15, 0.2) is 40.2 Å². The van der Waals surface area contributed by atoms with Crippen molar-refractivity contribution in [2.75, 3.05) is 6.54 Å². The van der Waals surface area contributed by atoms with Crippen molar-refractivity contribution in [1.82, 2.24) is 0 Å². The number of rotatable bonds is 5. The van der Waals surface area contributed by atoms with Gasteiger partial charge in [-0.15, -0.1) is 11.3 Å². The molecule has 1 aromatic heterocycles. The van der Waals surface area contributed by atoms with Crippen LogP contribution in [0.1, 0.15) is 10.4 Å². The van der Waals surface area contributed by atoms with Crippen molar-refractivity contribution in [3.8, 4) is 5.75 Å². The molecule has 2 aromatic rings. The molecule has 0 amide bonds. The van der Waals surface area contributed by atoms with Crippen molar-refractivity contribution in [3.63, 3.8) is 0 Å². The Balaban J connectivity index is 2.01. The molecule has 1 aromatic carbocycles. The molecule has 0 fully saturated rings. The second kappa shape index (κ2) is 6.19. The first-order chi connectivity index (χ1) is 8.29. The monoisotopic (exact) mass is 311 g/mol. The second-order valence-corrected chi connectivity index (χ2v) is 5.56. The highest BCUT2D eigenvalue weighted by molar-refractivity contribution is 9.10. The molecule has 2 nitrogen and oxygen atoms in total. The summed E-state index contributed by atoms with van der Waals surface area (Å²) >= 11 is 5.22. The molecule has 0 spiro atoms. The summed E-state index contributed by atoms with van der Waals surface area (Å²) in [5.74, 6) is 0.874. The topological polar surface area (TPSA) is 35.2 Å². The summed E-state index contributed by atoms with van der Waals surface area (Å²) in [7, 11) is 0. The minimum absolute atomic E-state index is 0.618. The maximum Gasteiger partial charge on any atom is 0.134 e. The van der Waals surface area contributed by atoms with Crippen LogP contribution in [0.5, 0.6) is 5.75 Å². The van der Waals surface area contributed by atoms with Crippen LogP contribution in [0.3, 0.4) is 0 Å². The van der Waals surface area contributed by atoms with E-state index in [1.807, 2.05) is 12.1 Å². The molecule has 0 aliphatic carbocycles. The van der Waals surface area contributed by atoms with Crippen molar-refractivity contribution >= 4 is 27.3 Å². The summed E-state index contributed by atoms with van der Waals surface area (Å²) < 4.78 is 6.73. The minimum atomic E-state index is 0.618. The lowest BCUT2D eigenvalue weighted by Gasteiger charge is -2.08. The fraction of sp³-hybridized carbons (Fsp3) is 0.231. The fourth-order valence-electron chi connectivity index (χ4n) is 1.53.